The maximum Gasteiger partial charge on any atom is 0.307 e. The van der Waals surface area contributed by atoms with Gasteiger partial charge in [0.1, 0.15) is 0 Å². The third-order valence-electron chi connectivity index (χ3n) is 3.99. The molecule has 1 aromatic rings. The van der Waals surface area contributed by atoms with E-state index >= 15 is 0 Å². The summed E-state index contributed by atoms with van der Waals surface area (Å²) in [5.74, 6) is -0.226. The van der Waals surface area contributed by atoms with Gasteiger partial charge in [-0.1, -0.05) is 18.6 Å². The highest BCUT2D eigenvalue weighted by atomic mass is 16.6. The molecule has 1 fully saturated rings. The Morgan fingerprint density at radius 1 is 1.27 bits per heavy atom. The molecule has 22 heavy (non-hydrogen) atoms. The van der Waals surface area contributed by atoms with Crippen molar-refractivity contribution in [1.29, 1.82) is 0 Å². The van der Waals surface area contributed by atoms with E-state index in [1.54, 1.807) is 19.1 Å². The van der Waals surface area contributed by atoms with E-state index in [1.165, 1.54) is 18.6 Å². The number of carbonyl (C=O) groups excluding carboxylic acids is 1. The van der Waals surface area contributed by atoms with Crippen LogP contribution in [0.2, 0.25) is 0 Å². The molecule has 0 aromatic heterocycles. The number of carbonyl (C=O) groups is 1. The van der Waals surface area contributed by atoms with E-state index in [0.29, 0.717) is 6.61 Å². The second-order valence-electron chi connectivity index (χ2n) is 5.47. The predicted molar refractivity (Wildman–Crippen MR) is 82.5 cm³/mol. The molecule has 120 valence electrons. The molecule has 1 atom stereocenters. The second kappa shape index (κ2) is 7.89. The minimum atomic E-state index is -0.412. The lowest BCUT2D eigenvalue weighted by Crippen LogP contribution is -2.35. The number of hydrogen-bond donors (Lipinski definition) is 0. The number of ether oxygens (including phenoxy) is 1. The summed E-state index contributed by atoms with van der Waals surface area (Å²) in [6.07, 6.45) is 3.73. The minimum absolute atomic E-state index is 0.0669. The van der Waals surface area contributed by atoms with Gasteiger partial charge in [-0.3, -0.25) is 19.8 Å². The molecule has 1 aromatic carbocycles. The maximum atomic E-state index is 11.9. The number of esters is 1. The number of benzene rings is 1. The van der Waals surface area contributed by atoms with Crippen LogP contribution in [0.5, 0.6) is 0 Å². The molecule has 0 bridgehead atoms. The summed E-state index contributed by atoms with van der Waals surface area (Å²) in [5.41, 5.74) is 0.998. The predicted octanol–water partition coefficient (Wildman–Crippen LogP) is 3.08. The Bertz CT molecular complexity index is 509. The van der Waals surface area contributed by atoms with Crippen molar-refractivity contribution in [2.24, 2.45) is 0 Å². The summed E-state index contributed by atoms with van der Waals surface area (Å²) in [6.45, 7) is 4.05. The van der Waals surface area contributed by atoms with Gasteiger partial charge in [0, 0.05) is 18.2 Å². The molecule has 0 saturated carbocycles. The Balaban J connectivity index is 2.18. The number of nitro benzene ring substituents is 1. The highest BCUT2D eigenvalue weighted by molar-refractivity contribution is 5.70. The zero-order valence-electron chi connectivity index (χ0n) is 12.9. The number of rotatable bonds is 6. The molecule has 1 saturated heterocycles. The lowest BCUT2D eigenvalue weighted by Gasteiger charge is -2.34. The van der Waals surface area contributed by atoms with Crippen LogP contribution in [0.1, 0.15) is 44.2 Å². The number of hydrogen-bond acceptors (Lipinski definition) is 5. The fourth-order valence-electron chi connectivity index (χ4n) is 2.88. The SMILES string of the molecule is CCOC(=O)CC(c1ccc([N+](=O)[O-])cc1)N1CCCCC1. The molecule has 1 aliphatic rings. The van der Waals surface area contributed by atoms with E-state index in [2.05, 4.69) is 4.90 Å². The van der Waals surface area contributed by atoms with Gasteiger partial charge in [-0.2, -0.15) is 0 Å². The zero-order valence-corrected chi connectivity index (χ0v) is 12.9. The van der Waals surface area contributed by atoms with Gasteiger partial charge in [-0.05, 0) is 38.4 Å². The molecule has 6 nitrogen and oxygen atoms in total. The number of likely N-dealkylation sites (tertiary alicyclic amines) is 1. The molecule has 0 N–H and O–H groups in total. The second-order valence-corrected chi connectivity index (χ2v) is 5.47. The van der Waals surface area contributed by atoms with Crippen LogP contribution in [0.4, 0.5) is 5.69 Å². The standard InChI is InChI=1S/C16H22N2O4/c1-2-22-16(19)12-15(17-10-4-3-5-11-17)13-6-8-14(9-7-13)18(20)21/h6-9,15H,2-5,10-12H2,1H3. The first-order valence-electron chi connectivity index (χ1n) is 7.76. The van der Waals surface area contributed by atoms with Crippen molar-refractivity contribution >= 4 is 11.7 Å². The Morgan fingerprint density at radius 2 is 1.91 bits per heavy atom. The Kier molecular flexibility index (Phi) is 5.89. The first kappa shape index (κ1) is 16.4. The fourth-order valence-corrected chi connectivity index (χ4v) is 2.88. The first-order chi connectivity index (χ1) is 10.6. The van der Waals surface area contributed by atoms with Crippen LogP contribution in [0.15, 0.2) is 24.3 Å². The van der Waals surface area contributed by atoms with Crippen LogP contribution in [0.3, 0.4) is 0 Å². The van der Waals surface area contributed by atoms with Crippen LogP contribution >= 0.6 is 0 Å². The van der Waals surface area contributed by atoms with Crippen molar-refractivity contribution in [2.45, 2.75) is 38.6 Å². The fraction of sp³-hybridized carbons (Fsp3) is 0.562. The van der Waals surface area contributed by atoms with Gasteiger partial charge in [0.25, 0.3) is 5.69 Å². The average molecular weight is 306 g/mol. The van der Waals surface area contributed by atoms with Gasteiger partial charge < -0.3 is 4.74 Å². The minimum Gasteiger partial charge on any atom is -0.466 e. The van der Waals surface area contributed by atoms with Crippen LogP contribution in [0, 0.1) is 10.1 Å². The summed E-state index contributed by atoms with van der Waals surface area (Å²) in [7, 11) is 0. The van der Waals surface area contributed by atoms with Gasteiger partial charge >= 0.3 is 5.97 Å². The van der Waals surface area contributed by atoms with Gasteiger partial charge in [-0.25, -0.2) is 0 Å². The average Bonchev–Trinajstić information content (AvgIpc) is 2.54. The number of non-ortho nitro benzene ring substituents is 1. The molecule has 0 spiro atoms. The monoisotopic (exact) mass is 306 g/mol. The van der Waals surface area contributed by atoms with Crippen LogP contribution in [-0.4, -0.2) is 35.5 Å². The van der Waals surface area contributed by atoms with Crippen LogP contribution < -0.4 is 0 Å². The molecule has 6 heteroatoms. The highest BCUT2D eigenvalue weighted by Crippen LogP contribution is 2.29. The third kappa shape index (κ3) is 4.27. The van der Waals surface area contributed by atoms with Crippen molar-refractivity contribution in [3.8, 4) is 0 Å². The molecule has 1 unspecified atom stereocenters. The highest BCUT2D eigenvalue weighted by Gasteiger charge is 2.25. The topological polar surface area (TPSA) is 72.7 Å². The van der Waals surface area contributed by atoms with Gasteiger partial charge in [-0.15, -0.1) is 0 Å². The summed E-state index contributed by atoms with van der Waals surface area (Å²) in [4.78, 5) is 24.5. The van der Waals surface area contributed by atoms with Gasteiger partial charge in [0.05, 0.1) is 18.0 Å². The third-order valence-corrected chi connectivity index (χ3v) is 3.99. The largest absolute Gasteiger partial charge is 0.466 e. The van der Waals surface area contributed by atoms with Crippen molar-refractivity contribution in [2.75, 3.05) is 19.7 Å². The molecule has 1 aliphatic heterocycles. The number of nitrogens with zero attached hydrogens (tertiary/aromatic N) is 2. The summed E-state index contributed by atoms with van der Waals surface area (Å²) < 4.78 is 5.07. The first-order valence-corrected chi connectivity index (χ1v) is 7.76. The van der Waals surface area contributed by atoms with Gasteiger partial charge in [0.15, 0.2) is 0 Å². The van der Waals surface area contributed by atoms with Crippen molar-refractivity contribution in [3.63, 3.8) is 0 Å². The molecule has 0 radical (unpaired) electrons. The van der Waals surface area contributed by atoms with E-state index < -0.39 is 4.92 Å². The summed E-state index contributed by atoms with van der Waals surface area (Å²) in [6, 6.07) is 6.42. The van der Waals surface area contributed by atoms with E-state index in [-0.39, 0.29) is 24.1 Å². The van der Waals surface area contributed by atoms with Crippen molar-refractivity contribution in [1.82, 2.24) is 4.90 Å². The van der Waals surface area contributed by atoms with E-state index in [0.717, 1.165) is 31.5 Å². The summed E-state index contributed by atoms with van der Waals surface area (Å²) >= 11 is 0. The smallest absolute Gasteiger partial charge is 0.307 e. The van der Waals surface area contributed by atoms with Gasteiger partial charge in [0.2, 0.25) is 0 Å². The molecule has 1 heterocycles. The van der Waals surface area contributed by atoms with Crippen molar-refractivity contribution in [3.05, 3.63) is 39.9 Å². The molecule has 0 aliphatic carbocycles. The van der Waals surface area contributed by atoms with E-state index in [1.807, 2.05) is 0 Å². The van der Waals surface area contributed by atoms with E-state index in [9.17, 15) is 14.9 Å². The normalized spacial score (nSPS) is 17.0. The molecule has 2 rings (SSSR count). The Morgan fingerprint density at radius 3 is 2.45 bits per heavy atom. The van der Waals surface area contributed by atoms with Crippen LogP contribution in [0.25, 0.3) is 0 Å². The lowest BCUT2D eigenvalue weighted by atomic mass is 9.98. The molecular weight excluding hydrogens is 284 g/mol. The molecule has 0 amide bonds. The summed E-state index contributed by atoms with van der Waals surface area (Å²) in [5, 5.41) is 10.8. The van der Waals surface area contributed by atoms with E-state index in [4.69, 9.17) is 4.74 Å². The Labute approximate surface area is 130 Å². The molecular formula is C16H22N2O4. The maximum absolute atomic E-state index is 11.9. The van der Waals surface area contributed by atoms with Crippen LogP contribution in [-0.2, 0) is 9.53 Å². The lowest BCUT2D eigenvalue weighted by molar-refractivity contribution is -0.384. The van der Waals surface area contributed by atoms with Crippen molar-refractivity contribution < 1.29 is 14.5 Å². The number of piperidine rings is 1. The Hall–Kier alpha value is -1.95. The quantitative estimate of drug-likeness (QED) is 0.459. The number of nitro groups is 1. The zero-order chi connectivity index (χ0) is 15.9.